The standard InChI is InChI=1S/C12H8BrClFNO/c1-7-4-9(2-3-10(7)14)17-12-11(15)5-8(13)6-16-12/h2-6H,1H3. The van der Waals surface area contributed by atoms with Crippen LogP contribution in [0.4, 0.5) is 4.39 Å². The zero-order valence-corrected chi connectivity index (χ0v) is 11.2. The van der Waals surface area contributed by atoms with E-state index in [1.54, 1.807) is 18.2 Å². The molecule has 0 fully saturated rings. The molecule has 2 nitrogen and oxygen atoms in total. The Morgan fingerprint density at radius 1 is 1.35 bits per heavy atom. The third-order valence-corrected chi connectivity index (χ3v) is 2.98. The van der Waals surface area contributed by atoms with E-state index in [0.717, 1.165) is 5.56 Å². The lowest BCUT2D eigenvalue weighted by atomic mass is 10.2. The molecule has 0 saturated heterocycles. The van der Waals surface area contributed by atoms with Crippen LogP contribution < -0.4 is 4.74 Å². The van der Waals surface area contributed by atoms with Gasteiger partial charge in [-0.05, 0) is 52.7 Å². The van der Waals surface area contributed by atoms with Gasteiger partial charge >= 0.3 is 0 Å². The van der Waals surface area contributed by atoms with Crippen LogP contribution in [-0.2, 0) is 0 Å². The Labute approximate surface area is 112 Å². The summed E-state index contributed by atoms with van der Waals surface area (Å²) >= 11 is 9.01. The van der Waals surface area contributed by atoms with Crippen molar-refractivity contribution >= 4 is 27.5 Å². The van der Waals surface area contributed by atoms with E-state index in [0.29, 0.717) is 15.2 Å². The van der Waals surface area contributed by atoms with Crippen molar-refractivity contribution in [3.63, 3.8) is 0 Å². The molecule has 0 aliphatic heterocycles. The van der Waals surface area contributed by atoms with E-state index in [-0.39, 0.29) is 5.88 Å². The number of aromatic nitrogens is 1. The maximum Gasteiger partial charge on any atom is 0.255 e. The van der Waals surface area contributed by atoms with E-state index in [9.17, 15) is 4.39 Å². The number of aryl methyl sites for hydroxylation is 1. The van der Waals surface area contributed by atoms with Crippen LogP contribution in [0.2, 0.25) is 5.02 Å². The topological polar surface area (TPSA) is 22.1 Å². The van der Waals surface area contributed by atoms with Crippen molar-refractivity contribution in [1.82, 2.24) is 4.98 Å². The van der Waals surface area contributed by atoms with Crippen LogP contribution in [0.15, 0.2) is 34.9 Å². The fourth-order valence-electron chi connectivity index (χ4n) is 1.27. The average molecular weight is 317 g/mol. The van der Waals surface area contributed by atoms with Gasteiger partial charge in [0.05, 0.1) is 0 Å². The molecule has 0 N–H and O–H groups in total. The Bertz CT molecular complexity index is 562. The van der Waals surface area contributed by atoms with Crippen molar-refractivity contribution < 1.29 is 9.13 Å². The normalized spacial score (nSPS) is 10.4. The van der Waals surface area contributed by atoms with Crippen LogP contribution in [0.25, 0.3) is 0 Å². The maximum absolute atomic E-state index is 13.5. The number of rotatable bonds is 2. The number of hydrogen-bond acceptors (Lipinski definition) is 2. The lowest BCUT2D eigenvalue weighted by Gasteiger charge is -2.07. The van der Waals surface area contributed by atoms with Gasteiger partial charge in [0, 0.05) is 15.7 Å². The van der Waals surface area contributed by atoms with Crippen LogP contribution in [0, 0.1) is 12.7 Å². The van der Waals surface area contributed by atoms with Gasteiger partial charge in [0.2, 0.25) is 0 Å². The monoisotopic (exact) mass is 315 g/mol. The first-order chi connectivity index (χ1) is 8.06. The largest absolute Gasteiger partial charge is 0.436 e. The third-order valence-electron chi connectivity index (χ3n) is 2.12. The van der Waals surface area contributed by atoms with E-state index < -0.39 is 5.82 Å². The summed E-state index contributed by atoms with van der Waals surface area (Å²) in [7, 11) is 0. The molecule has 88 valence electrons. The number of hydrogen-bond donors (Lipinski definition) is 0. The maximum atomic E-state index is 13.5. The van der Waals surface area contributed by atoms with Crippen LogP contribution in [0.3, 0.4) is 0 Å². The zero-order valence-electron chi connectivity index (χ0n) is 8.88. The molecule has 1 heterocycles. The summed E-state index contributed by atoms with van der Waals surface area (Å²) in [6.45, 7) is 1.85. The molecule has 0 aliphatic rings. The van der Waals surface area contributed by atoms with Crippen molar-refractivity contribution in [1.29, 1.82) is 0 Å². The number of benzene rings is 1. The third kappa shape index (κ3) is 2.96. The van der Waals surface area contributed by atoms with E-state index in [2.05, 4.69) is 20.9 Å². The smallest absolute Gasteiger partial charge is 0.255 e. The van der Waals surface area contributed by atoms with Gasteiger partial charge < -0.3 is 4.74 Å². The van der Waals surface area contributed by atoms with Crippen molar-refractivity contribution in [2.75, 3.05) is 0 Å². The second-order valence-corrected chi connectivity index (χ2v) is 4.78. The van der Waals surface area contributed by atoms with Gasteiger partial charge in [-0.25, -0.2) is 9.37 Å². The van der Waals surface area contributed by atoms with Crippen molar-refractivity contribution in [2.24, 2.45) is 0 Å². The molecule has 5 heteroatoms. The SMILES string of the molecule is Cc1cc(Oc2ncc(Br)cc2F)ccc1Cl. The van der Waals surface area contributed by atoms with E-state index in [1.165, 1.54) is 12.3 Å². The fourth-order valence-corrected chi connectivity index (χ4v) is 1.69. The first kappa shape index (κ1) is 12.3. The molecule has 1 aromatic heterocycles. The Morgan fingerprint density at radius 2 is 2.12 bits per heavy atom. The molecule has 0 spiro atoms. The Morgan fingerprint density at radius 3 is 2.76 bits per heavy atom. The fraction of sp³-hybridized carbons (Fsp3) is 0.0833. The number of halogens is 3. The second kappa shape index (κ2) is 5.02. The van der Waals surface area contributed by atoms with Gasteiger partial charge in [-0.15, -0.1) is 0 Å². The number of nitrogens with zero attached hydrogens (tertiary/aromatic N) is 1. The first-order valence-corrected chi connectivity index (χ1v) is 5.98. The molecule has 2 aromatic rings. The lowest BCUT2D eigenvalue weighted by molar-refractivity contribution is 0.422. The van der Waals surface area contributed by atoms with Gasteiger partial charge in [-0.3, -0.25) is 0 Å². The van der Waals surface area contributed by atoms with E-state index in [1.807, 2.05) is 6.92 Å². The molecular formula is C12H8BrClFNO. The quantitative estimate of drug-likeness (QED) is 0.798. The summed E-state index contributed by atoms with van der Waals surface area (Å²) in [5.74, 6) is -0.0810. The Hall–Kier alpha value is -1.13. The molecule has 0 aliphatic carbocycles. The zero-order chi connectivity index (χ0) is 12.4. The molecular weight excluding hydrogens is 308 g/mol. The highest BCUT2D eigenvalue weighted by Gasteiger charge is 2.07. The Kier molecular flexibility index (Phi) is 3.64. The highest BCUT2D eigenvalue weighted by atomic mass is 79.9. The second-order valence-electron chi connectivity index (χ2n) is 3.45. The summed E-state index contributed by atoms with van der Waals surface area (Å²) < 4.78 is 19.4. The van der Waals surface area contributed by atoms with Crippen LogP contribution in [0.5, 0.6) is 11.6 Å². The van der Waals surface area contributed by atoms with Crippen molar-refractivity contribution in [3.8, 4) is 11.6 Å². The Balaban J connectivity index is 2.28. The predicted molar refractivity (Wildman–Crippen MR) is 68.2 cm³/mol. The van der Waals surface area contributed by atoms with E-state index in [4.69, 9.17) is 16.3 Å². The van der Waals surface area contributed by atoms with Crippen molar-refractivity contribution in [2.45, 2.75) is 6.92 Å². The lowest BCUT2D eigenvalue weighted by Crippen LogP contribution is -1.92. The minimum absolute atomic E-state index is 0.0603. The van der Waals surface area contributed by atoms with Crippen LogP contribution in [0.1, 0.15) is 5.56 Å². The van der Waals surface area contributed by atoms with Gasteiger partial charge in [-0.2, -0.15) is 0 Å². The molecule has 0 bridgehead atoms. The number of pyridine rings is 1. The molecule has 17 heavy (non-hydrogen) atoms. The first-order valence-electron chi connectivity index (χ1n) is 4.81. The minimum atomic E-state index is -0.521. The molecule has 0 atom stereocenters. The number of ether oxygens (including phenoxy) is 1. The highest BCUT2D eigenvalue weighted by Crippen LogP contribution is 2.27. The van der Waals surface area contributed by atoms with Gasteiger partial charge in [0.1, 0.15) is 5.75 Å². The summed E-state index contributed by atoms with van der Waals surface area (Å²) in [6.07, 6.45) is 1.47. The molecule has 0 saturated carbocycles. The molecule has 2 rings (SSSR count). The molecule has 0 amide bonds. The summed E-state index contributed by atoms with van der Waals surface area (Å²) in [5, 5.41) is 0.640. The van der Waals surface area contributed by atoms with Crippen LogP contribution >= 0.6 is 27.5 Å². The van der Waals surface area contributed by atoms with Gasteiger partial charge in [0.25, 0.3) is 5.88 Å². The summed E-state index contributed by atoms with van der Waals surface area (Å²) in [4.78, 5) is 3.85. The summed E-state index contributed by atoms with van der Waals surface area (Å²) in [5.41, 5.74) is 0.863. The molecule has 1 aromatic carbocycles. The minimum Gasteiger partial charge on any atom is -0.436 e. The van der Waals surface area contributed by atoms with Gasteiger partial charge in [0.15, 0.2) is 5.82 Å². The van der Waals surface area contributed by atoms with Crippen molar-refractivity contribution in [3.05, 3.63) is 51.3 Å². The van der Waals surface area contributed by atoms with Gasteiger partial charge in [-0.1, -0.05) is 11.6 Å². The van der Waals surface area contributed by atoms with Crippen LogP contribution in [-0.4, -0.2) is 4.98 Å². The highest BCUT2D eigenvalue weighted by molar-refractivity contribution is 9.10. The molecule has 0 radical (unpaired) electrons. The van der Waals surface area contributed by atoms with E-state index >= 15 is 0 Å². The predicted octanol–water partition coefficient (Wildman–Crippen LogP) is 4.74. The summed E-state index contributed by atoms with van der Waals surface area (Å²) in [6, 6.07) is 6.39. The molecule has 0 unspecified atom stereocenters. The average Bonchev–Trinajstić information content (AvgIpc) is 2.27.